The predicted octanol–water partition coefficient (Wildman–Crippen LogP) is 2.06. The molecule has 0 saturated carbocycles. The van der Waals surface area contributed by atoms with Gasteiger partial charge in [0.25, 0.3) is 5.56 Å². The smallest absolute Gasteiger partial charge is 0.266 e. The summed E-state index contributed by atoms with van der Waals surface area (Å²) >= 11 is 5.15. The molecule has 90 valence electrons. The molecule has 0 atom stereocenters. The number of nitrogens with one attached hydrogen (secondary N) is 2. The highest BCUT2D eigenvalue weighted by molar-refractivity contribution is 7.71. The van der Waals surface area contributed by atoms with Gasteiger partial charge in [-0.1, -0.05) is 23.8 Å². The number of nitrogens with zero attached hydrogens (tertiary/aromatic N) is 2. The summed E-state index contributed by atoms with van der Waals surface area (Å²) in [6.07, 6.45) is 0. The lowest BCUT2D eigenvalue weighted by atomic mass is 10.1. The Bertz CT molecular complexity index is 843. The Balaban J connectivity index is 2.30. The highest BCUT2D eigenvalue weighted by atomic mass is 32.1. The summed E-state index contributed by atoms with van der Waals surface area (Å²) < 4.78 is 1.78. The maximum absolute atomic E-state index is 11.3. The van der Waals surface area contributed by atoms with Crippen molar-refractivity contribution in [3.63, 3.8) is 0 Å². The van der Waals surface area contributed by atoms with Crippen LogP contribution in [0.15, 0.2) is 35.1 Å². The van der Waals surface area contributed by atoms with E-state index in [9.17, 15) is 4.79 Å². The zero-order chi connectivity index (χ0) is 12.7. The van der Waals surface area contributed by atoms with Crippen molar-refractivity contribution in [2.24, 2.45) is 0 Å². The number of aromatic amines is 2. The number of aryl methyl sites for hydroxylation is 1. The average molecular weight is 258 g/mol. The summed E-state index contributed by atoms with van der Waals surface area (Å²) in [5, 5.41) is 2.58. The van der Waals surface area contributed by atoms with Crippen LogP contribution >= 0.6 is 12.2 Å². The zero-order valence-corrected chi connectivity index (χ0v) is 10.4. The fraction of sp³-hybridized carbons (Fsp3) is 0.0833. The van der Waals surface area contributed by atoms with Crippen molar-refractivity contribution in [1.29, 1.82) is 0 Å². The van der Waals surface area contributed by atoms with E-state index in [0.29, 0.717) is 16.2 Å². The Morgan fingerprint density at radius 3 is 2.94 bits per heavy atom. The second kappa shape index (κ2) is 3.92. The van der Waals surface area contributed by atoms with Crippen LogP contribution in [0.1, 0.15) is 5.56 Å². The summed E-state index contributed by atoms with van der Waals surface area (Å²) in [6, 6.07) is 9.38. The topological polar surface area (TPSA) is 66.0 Å². The molecule has 0 aliphatic heterocycles. The Morgan fingerprint density at radius 1 is 1.33 bits per heavy atom. The molecule has 2 heterocycles. The molecule has 2 aromatic heterocycles. The number of hydrogen-bond acceptors (Lipinski definition) is 3. The van der Waals surface area contributed by atoms with Crippen molar-refractivity contribution in [3.8, 4) is 11.4 Å². The zero-order valence-electron chi connectivity index (χ0n) is 9.60. The summed E-state index contributed by atoms with van der Waals surface area (Å²) in [4.78, 5) is 18.6. The summed E-state index contributed by atoms with van der Waals surface area (Å²) in [5.41, 5.74) is 2.48. The highest BCUT2D eigenvalue weighted by Gasteiger charge is 2.05. The maximum atomic E-state index is 11.3. The third kappa shape index (κ3) is 1.76. The molecule has 18 heavy (non-hydrogen) atoms. The number of fused-ring (bicyclic) bond motifs is 1. The van der Waals surface area contributed by atoms with Crippen molar-refractivity contribution < 1.29 is 0 Å². The number of H-pyrrole nitrogens is 2. The minimum absolute atomic E-state index is 0.208. The monoisotopic (exact) mass is 258 g/mol. The summed E-state index contributed by atoms with van der Waals surface area (Å²) in [6.45, 7) is 2.01. The Morgan fingerprint density at radius 2 is 2.17 bits per heavy atom. The molecule has 0 amide bonds. The van der Waals surface area contributed by atoms with Crippen molar-refractivity contribution >= 4 is 17.9 Å². The average Bonchev–Trinajstić information content (AvgIpc) is 2.70. The summed E-state index contributed by atoms with van der Waals surface area (Å²) in [7, 11) is 0. The van der Waals surface area contributed by atoms with E-state index in [1.807, 2.05) is 31.2 Å². The first kappa shape index (κ1) is 10.9. The van der Waals surface area contributed by atoms with Crippen molar-refractivity contribution in [2.75, 3.05) is 0 Å². The van der Waals surface area contributed by atoms with Crippen LogP contribution in [0, 0.1) is 11.7 Å². The third-order valence-corrected chi connectivity index (χ3v) is 2.94. The third-order valence-electron chi connectivity index (χ3n) is 2.67. The molecule has 0 unspecified atom stereocenters. The van der Waals surface area contributed by atoms with E-state index in [2.05, 4.69) is 15.1 Å². The van der Waals surface area contributed by atoms with Gasteiger partial charge in [-0.15, -0.1) is 0 Å². The van der Waals surface area contributed by atoms with Gasteiger partial charge in [-0.2, -0.15) is 0 Å². The Labute approximate surface area is 107 Å². The van der Waals surface area contributed by atoms with Crippen LogP contribution in [0.5, 0.6) is 0 Å². The molecule has 0 fully saturated rings. The number of hydrogen-bond donors (Lipinski definition) is 2. The van der Waals surface area contributed by atoms with Gasteiger partial charge in [0.2, 0.25) is 4.77 Å². The van der Waals surface area contributed by atoms with Crippen LogP contribution in [-0.4, -0.2) is 19.6 Å². The largest absolute Gasteiger partial charge is 0.324 e. The molecular formula is C12H10N4OS. The molecule has 3 rings (SSSR count). The lowest BCUT2D eigenvalue weighted by Gasteiger charge is -2.03. The Kier molecular flexibility index (Phi) is 2.38. The predicted molar refractivity (Wildman–Crippen MR) is 71.2 cm³/mol. The molecule has 1 aromatic carbocycles. The molecule has 0 bridgehead atoms. The van der Waals surface area contributed by atoms with Gasteiger partial charge in [-0.25, -0.2) is 9.50 Å². The van der Waals surface area contributed by atoms with Crippen LogP contribution in [0.2, 0.25) is 0 Å². The van der Waals surface area contributed by atoms with E-state index >= 15 is 0 Å². The molecule has 0 spiro atoms. The molecule has 0 aliphatic carbocycles. The lowest BCUT2D eigenvalue weighted by molar-refractivity contribution is 0.863. The second-order valence-corrected chi connectivity index (χ2v) is 4.44. The summed E-state index contributed by atoms with van der Waals surface area (Å²) in [5.74, 6) is 0.655. The van der Waals surface area contributed by atoms with Gasteiger partial charge in [0.15, 0.2) is 0 Å². The molecule has 0 saturated heterocycles. The fourth-order valence-corrected chi connectivity index (χ4v) is 2.09. The van der Waals surface area contributed by atoms with Crippen molar-refractivity contribution in [1.82, 2.24) is 19.6 Å². The minimum Gasteiger partial charge on any atom is -0.324 e. The fourth-order valence-electron chi connectivity index (χ4n) is 1.86. The number of aromatic nitrogens is 4. The van der Waals surface area contributed by atoms with Crippen LogP contribution < -0.4 is 5.56 Å². The van der Waals surface area contributed by atoms with Gasteiger partial charge in [0.1, 0.15) is 11.5 Å². The van der Waals surface area contributed by atoms with Crippen LogP contribution in [0.25, 0.3) is 17.0 Å². The Hall–Kier alpha value is -2.21. The number of rotatable bonds is 1. The van der Waals surface area contributed by atoms with Gasteiger partial charge in [-0.3, -0.25) is 9.89 Å². The molecule has 6 heteroatoms. The van der Waals surface area contributed by atoms with Gasteiger partial charge < -0.3 is 4.98 Å². The molecule has 3 aromatic rings. The first-order valence-electron chi connectivity index (χ1n) is 5.42. The van der Waals surface area contributed by atoms with E-state index in [1.165, 1.54) is 10.6 Å². The van der Waals surface area contributed by atoms with Crippen LogP contribution in [0.3, 0.4) is 0 Å². The van der Waals surface area contributed by atoms with Crippen molar-refractivity contribution in [3.05, 3.63) is 51.0 Å². The minimum atomic E-state index is -0.208. The van der Waals surface area contributed by atoms with E-state index in [0.717, 1.165) is 11.1 Å². The maximum Gasteiger partial charge on any atom is 0.266 e. The molecule has 2 N–H and O–H groups in total. The first-order valence-corrected chi connectivity index (χ1v) is 5.83. The first-order chi connectivity index (χ1) is 8.63. The highest BCUT2D eigenvalue weighted by Crippen LogP contribution is 2.16. The molecule has 0 aliphatic rings. The molecule has 5 nitrogen and oxygen atoms in total. The SMILES string of the molecule is Cc1cccc(-c2nc(=S)n3[nH]c(=O)cc3[nH]2)c1. The molecular weight excluding hydrogens is 248 g/mol. The van der Waals surface area contributed by atoms with Crippen molar-refractivity contribution in [2.45, 2.75) is 6.92 Å². The van der Waals surface area contributed by atoms with E-state index in [1.54, 1.807) is 0 Å². The van der Waals surface area contributed by atoms with Gasteiger partial charge in [0, 0.05) is 11.6 Å². The van der Waals surface area contributed by atoms with Gasteiger partial charge in [-0.05, 0) is 25.2 Å². The lowest BCUT2D eigenvalue weighted by Crippen LogP contribution is -2.02. The van der Waals surface area contributed by atoms with E-state index in [4.69, 9.17) is 12.2 Å². The molecule has 0 radical (unpaired) electrons. The van der Waals surface area contributed by atoms with E-state index in [-0.39, 0.29) is 5.56 Å². The quantitative estimate of drug-likeness (QED) is 0.656. The van der Waals surface area contributed by atoms with E-state index < -0.39 is 0 Å². The van der Waals surface area contributed by atoms with Gasteiger partial charge >= 0.3 is 0 Å². The van der Waals surface area contributed by atoms with Crippen LogP contribution in [-0.2, 0) is 0 Å². The van der Waals surface area contributed by atoms with Gasteiger partial charge in [0.05, 0.1) is 0 Å². The number of benzene rings is 1. The van der Waals surface area contributed by atoms with Crippen LogP contribution in [0.4, 0.5) is 0 Å². The standard InChI is InChI=1S/C12H10N4OS/c1-7-3-2-4-8(5-7)11-13-9-6-10(17)15-16(9)12(18)14-11/h2-6H,1H3,(H,15,17)(H,13,14,18). The second-order valence-electron chi connectivity index (χ2n) is 4.08. The normalized spacial score (nSPS) is 10.9.